The van der Waals surface area contributed by atoms with Crippen LogP contribution in [0.1, 0.15) is 62.7 Å². The van der Waals surface area contributed by atoms with Crippen molar-refractivity contribution in [3.05, 3.63) is 59.2 Å². The van der Waals surface area contributed by atoms with E-state index in [-0.39, 0.29) is 6.17 Å². The van der Waals surface area contributed by atoms with Crippen LogP contribution in [0.5, 0.6) is 0 Å². The minimum atomic E-state index is -0.968. The molecule has 1 aromatic rings. The van der Waals surface area contributed by atoms with Gasteiger partial charge in [0.1, 0.15) is 12.0 Å². The van der Waals surface area contributed by atoms with Gasteiger partial charge in [-0.15, -0.1) is 11.6 Å². The quantitative estimate of drug-likeness (QED) is 0.385. The number of benzene rings is 1. The van der Waals surface area contributed by atoms with Gasteiger partial charge in [-0.3, -0.25) is 4.99 Å². The molecule has 0 radical (unpaired) electrons. The van der Waals surface area contributed by atoms with E-state index in [4.69, 9.17) is 27.0 Å². The first-order valence-corrected chi connectivity index (χ1v) is 11.3. The maximum absolute atomic E-state index is 13.9. The number of allylic oxidation sites excluding steroid dienone is 5. The summed E-state index contributed by atoms with van der Waals surface area (Å²) in [6.07, 6.45) is 12.6. The molecule has 3 atom stereocenters. The predicted molar refractivity (Wildman–Crippen MR) is 130 cm³/mol. The van der Waals surface area contributed by atoms with Crippen LogP contribution in [-0.2, 0) is 0 Å². The summed E-state index contributed by atoms with van der Waals surface area (Å²) in [5.74, 6) is 0.762. The minimum absolute atomic E-state index is 0.385. The van der Waals surface area contributed by atoms with Crippen molar-refractivity contribution in [2.75, 3.05) is 5.32 Å². The topological polar surface area (TPSA) is 60.6 Å². The summed E-state index contributed by atoms with van der Waals surface area (Å²) in [4.78, 5) is 9.86. The second-order valence-corrected chi connectivity index (χ2v) is 8.79. The highest BCUT2D eigenvalue weighted by atomic mass is 35.5. The lowest BCUT2D eigenvalue weighted by Gasteiger charge is -2.27. The molecule has 1 aliphatic heterocycles. The van der Waals surface area contributed by atoms with Crippen molar-refractivity contribution in [1.82, 2.24) is 0 Å². The van der Waals surface area contributed by atoms with Crippen LogP contribution in [-0.4, -0.2) is 29.3 Å². The lowest BCUT2D eigenvalue weighted by Crippen LogP contribution is -2.27. The van der Waals surface area contributed by atoms with Gasteiger partial charge in [0.05, 0.1) is 5.38 Å². The number of fused-ring (bicyclic) bond motifs is 1. The van der Waals surface area contributed by atoms with E-state index in [2.05, 4.69) is 41.7 Å². The van der Waals surface area contributed by atoms with Gasteiger partial charge in [-0.1, -0.05) is 30.4 Å². The molecule has 4 rings (SSSR count). The number of hydrogen-bond donors (Lipinski definition) is 2. The Kier molecular flexibility index (Phi) is 6.81. The molecule has 4 nitrogen and oxygen atoms in total. The van der Waals surface area contributed by atoms with Crippen molar-refractivity contribution in [2.45, 2.75) is 63.2 Å². The summed E-state index contributed by atoms with van der Waals surface area (Å²) < 4.78 is 13.9. The average Bonchev–Trinajstić information content (AvgIpc) is 2.80. The van der Waals surface area contributed by atoms with Crippen LogP contribution in [0.4, 0.5) is 10.1 Å². The standard InChI is InChI=1S/C25H28ClFN4/c1-16(6-5-13-28)24-30-23-12-9-18(17-7-3-2-4-8-17)14-20(23)25(31-24)29-19-10-11-22(27)21(26)15-19/h2-3,6-7,9,12-14,21-22,25,28H,4-5,8,10-11,15H2,1H3,(H,30,31)/b16-6+,28-13?,29-19?. The van der Waals surface area contributed by atoms with E-state index in [0.717, 1.165) is 41.2 Å². The fourth-order valence-electron chi connectivity index (χ4n) is 4.15. The Balaban J connectivity index is 1.72. The average molecular weight is 439 g/mol. The number of hydrogen-bond acceptors (Lipinski definition) is 4. The van der Waals surface area contributed by atoms with Crippen molar-refractivity contribution < 1.29 is 4.39 Å². The van der Waals surface area contributed by atoms with E-state index in [1.54, 1.807) is 0 Å². The summed E-state index contributed by atoms with van der Waals surface area (Å²) >= 11 is 6.19. The molecule has 1 fully saturated rings. The maximum Gasteiger partial charge on any atom is 0.169 e. The molecular weight excluding hydrogens is 411 g/mol. The molecule has 162 valence electrons. The Morgan fingerprint density at radius 3 is 3.00 bits per heavy atom. The Bertz CT molecular complexity index is 1000. The Morgan fingerprint density at radius 2 is 2.26 bits per heavy atom. The van der Waals surface area contributed by atoms with E-state index in [0.29, 0.717) is 25.7 Å². The smallest absolute Gasteiger partial charge is 0.169 e. The Hall–Kier alpha value is -2.53. The van der Waals surface area contributed by atoms with Gasteiger partial charge < -0.3 is 10.7 Å². The summed E-state index contributed by atoms with van der Waals surface area (Å²) in [7, 11) is 0. The molecule has 6 heteroatoms. The monoisotopic (exact) mass is 438 g/mol. The highest BCUT2D eigenvalue weighted by Crippen LogP contribution is 2.37. The zero-order valence-electron chi connectivity index (χ0n) is 17.7. The van der Waals surface area contributed by atoms with E-state index >= 15 is 0 Å². The molecular formula is C25H28ClFN4. The molecule has 1 aromatic carbocycles. The molecule has 0 amide bonds. The van der Waals surface area contributed by atoms with Crippen molar-refractivity contribution in [1.29, 1.82) is 5.41 Å². The zero-order chi connectivity index (χ0) is 21.8. The van der Waals surface area contributed by atoms with Gasteiger partial charge in [0.25, 0.3) is 0 Å². The number of nitrogens with zero attached hydrogens (tertiary/aromatic N) is 2. The van der Waals surface area contributed by atoms with Gasteiger partial charge in [-0.25, -0.2) is 9.38 Å². The van der Waals surface area contributed by atoms with Crippen LogP contribution in [0.25, 0.3) is 5.57 Å². The molecule has 0 spiro atoms. The molecule has 3 unspecified atom stereocenters. The summed E-state index contributed by atoms with van der Waals surface area (Å²) in [6, 6.07) is 6.42. The largest absolute Gasteiger partial charge is 0.340 e. The summed E-state index contributed by atoms with van der Waals surface area (Å²) in [5.41, 5.74) is 6.42. The third kappa shape index (κ3) is 5.04. The molecule has 0 bridgehead atoms. The second kappa shape index (κ2) is 9.73. The van der Waals surface area contributed by atoms with E-state index in [1.807, 2.05) is 13.0 Å². The molecule has 1 heterocycles. The highest BCUT2D eigenvalue weighted by molar-refractivity contribution is 6.22. The fourth-order valence-corrected chi connectivity index (χ4v) is 4.45. The van der Waals surface area contributed by atoms with Crippen LogP contribution in [0.15, 0.2) is 58.1 Å². The molecule has 0 saturated heterocycles. The number of anilines is 1. The lowest BCUT2D eigenvalue weighted by atomic mass is 9.93. The van der Waals surface area contributed by atoms with Crippen LogP contribution < -0.4 is 5.32 Å². The first-order chi connectivity index (χ1) is 15.0. The Labute approximate surface area is 188 Å². The van der Waals surface area contributed by atoms with E-state index in [1.165, 1.54) is 17.4 Å². The number of nitrogens with one attached hydrogen (secondary N) is 2. The van der Waals surface area contributed by atoms with Crippen molar-refractivity contribution >= 4 is 40.6 Å². The summed E-state index contributed by atoms with van der Waals surface area (Å²) in [6.45, 7) is 1.99. The first kappa shape index (κ1) is 21.7. The number of rotatable bonds is 5. The van der Waals surface area contributed by atoms with Crippen LogP contribution in [0, 0.1) is 5.41 Å². The summed E-state index contributed by atoms with van der Waals surface area (Å²) in [5, 5.41) is 10.2. The van der Waals surface area contributed by atoms with Gasteiger partial charge in [0.2, 0.25) is 0 Å². The normalized spacial score (nSPS) is 27.3. The van der Waals surface area contributed by atoms with Crippen molar-refractivity contribution in [2.24, 2.45) is 9.98 Å². The minimum Gasteiger partial charge on any atom is -0.340 e. The van der Waals surface area contributed by atoms with E-state index in [9.17, 15) is 4.39 Å². The predicted octanol–water partition coefficient (Wildman–Crippen LogP) is 6.80. The Morgan fingerprint density at radius 1 is 1.39 bits per heavy atom. The van der Waals surface area contributed by atoms with Crippen LogP contribution in [0.2, 0.25) is 0 Å². The van der Waals surface area contributed by atoms with Crippen LogP contribution >= 0.6 is 11.6 Å². The maximum atomic E-state index is 13.9. The molecule has 3 aliphatic rings. The van der Waals surface area contributed by atoms with Crippen molar-refractivity contribution in [3.63, 3.8) is 0 Å². The molecule has 2 N–H and O–H groups in total. The molecule has 0 aromatic heterocycles. The lowest BCUT2D eigenvalue weighted by molar-refractivity contribution is 0.296. The number of alkyl halides is 2. The fraction of sp³-hybridized carbons (Fsp3) is 0.400. The van der Waals surface area contributed by atoms with Crippen LogP contribution in [0.3, 0.4) is 0 Å². The van der Waals surface area contributed by atoms with Gasteiger partial charge in [-0.2, -0.15) is 0 Å². The van der Waals surface area contributed by atoms with E-state index < -0.39 is 11.5 Å². The van der Waals surface area contributed by atoms with Gasteiger partial charge in [0.15, 0.2) is 6.17 Å². The SMILES string of the molecule is C/C(=C\CC=N)C1=NC(N=C2CCC(F)C(Cl)C2)c2cc(C3=CC=CCC3)ccc2N1. The second-order valence-electron chi connectivity index (χ2n) is 8.23. The number of aliphatic imine (C=N–C) groups is 2. The van der Waals surface area contributed by atoms with Gasteiger partial charge in [0, 0.05) is 29.8 Å². The third-order valence-electron chi connectivity index (χ3n) is 5.97. The van der Waals surface area contributed by atoms with Crippen molar-refractivity contribution in [3.8, 4) is 0 Å². The number of amidine groups is 1. The third-order valence-corrected chi connectivity index (χ3v) is 6.40. The van der Waals surface area contributed by atoms with Gasteiger partial charge >= 0.3 is 0 Å². The molecule has 31 heavy (non-hydrogen) atoms. The zero-order valence-corrected chi connectivity index (χ0v) is 18.5. The molecule has 1 saturated carbocycles. The molecule has 2 aliphatic carbocycles. The van der Waals surface area contributed by atoms with Gasteiger partial charge in [-0.05, 0) is 67.7 Å². The first-order valence-electron chi connectivity index (χ1n) is 10.9. The highest BCUT2D eigenvalue weighted by Gasteiger charge is 2.28. The number of halogens is 2.